The Hall–Kier alpha value is -2.11. The van der Waals surface area contributed by atoms with Crippen LogP contribution in [-0.4, -0.2) is 19.1 Å². The van der Waals surface area contributed by atoms with Gasteiger partial charge in [-0.3, -0.25) is 0 Å². The third-order valence-electron chi connectivity index (χ3n) is 2.09. The van der Waals surface area contributed by atoms with Crippen LogP contribution in [-0.2, 0) is 5.21 Å². The number of rotatable bonds is 1. The number of aromatic nitrogens is 3. The van der Waals surface area contributed by atoms with E-state index in [4.69, 9.17) is 5.41 Å². The lowest BCUT2D eigenvalue weighted by atomic mass is 10.2. The van der Waals surface area contributed by atoms with Crippen molar-refractivity contribution in [2.75, 3.05) is 19.0 Å². The smallest absolute Gasteiger partial charge is 0.291 e. The first-order chi connectivity index (χ1) is 7.08. The molecule has 1 heterocycles. The van der Waals surface area contributed by atoms with Crippen molar-refractivity contribution >= 4 is 16.7 Å². The first-order valence-electron chi connectivity index (χ1n) is 4.38. The summed E-state index contributed by atoms with van der Waals surface area (Å²) in [5.74, 6) is 0. The molecule has 0 unspecified atom stereocenters. The van der Waals surface area contributed by atoms with E-state index in [1.807, 2.05) is 25.1 Å². The Bertz CT molecular complexity index is 560. The van der Waals surface area contributed by atoms with Gasteiger partial charge in [0.15, 0.2) is 0 Å². The monoisotopic (exact) mass is 204 g/mol. The Kier molecular flexibility index (Phi) is 2.03. The Labute approximate surface area is 85.9 Å². The summed E-state index contributed by atoms with van der Waals surface area (Å²) in [5, 5.41) is 22.0. The van der Waals surface area contributed by atoms with Gasteiger partial charge in [0.2, 0.25) is 0 Å². The van der Waals surface area contributed by atoms with Crippen molar-refractivity contribution in [2.24, 2.45) is 0 Å². The van der Waals surface area contributed by atoms with E-state index in [2.05, 4.69) is 10.1 Å². The van der Waals surface area contributed by atoms with Gasteiger partial charge in [0, 0.05) is 31.1 Å². The van der Waals surface area contributed by atoms with Gasteiger partial charge in [0.25, 0.3) is 5.52 Å². The molecular weight excluding hydrogens is 194 g/mol. The van der Waals surface area contributed by atoms with E-state index in [0.717, 1.165) is 5.69 Å². The summed E-state index contributed by atoms with van der Waals surface area (Å²) < 4.78 is 0. The van der Waals surface area contributed by atoms with Crippen LogP contribution < -0.4 is 20.5 Å². The predicted octanol–water partition coefficient (Wildman–Crippen LogP) is -0.781. The molecule has 2 aromatic rings. The number of fused-ring (bicyclic) bond motifs is 1. The van der Waals surface area contributed by atoms with Crippen molar-refractivity contribution in [2.45, 2.75) is 0 Å². The van der Waals surface area contributed by atoms with Crippen LogP contribution in [0.4, 0.5) is 5.69 Å². The standard InChI is InChI=1S/C9H10N5O/c1-13(2)6-3-4-7-8(5-6)14(15)12-9(10)11-7/h3-5,10H,1-2H3. The summed E-state index contributed by atoms with van der Waals surface area (Å²) in [4.78, 5) is 6.16. The Morgan fingerprint density at radius 3 is 2.87 bits per heavy atom. The fraction of sp³-hybridized carbons (Fsp3) is 0.222. The minimum absolute atomic E-state index is 0.268. The summed E-state index contributed by atoms with van der Waals surface area (Å²) in [6, 6.07) is 5.25. The largest absolute Gasteiger partial charge is 0.406 e. The lowest BCUT2D eigenvalue weighted by Gasteiger charge is -2.11. The fourth-order valence-corrected chi connectivity index (χ4v) is 1.31. The van der Waals surface area contributed by atoms with Crippen LogP contribution >= 0.6 is 0 Å². The molecule has 0 spiro atoms. The van der Waals surface area contributed by atoms with Gasteiger partial charge in [0.05, 0.1) is 11.1 Å². The van der Waals surface area contributed by atoms with E-state index in [9.17, 15) is 5.21 Å². The van der Waals surface area contributed by atoms with Crippen molar-refractivity contribution in [3.63, 3.8) is 0 Å². The zero-order chi connectivity index (χ0) is 11.0. The Morgan fingerprint density at radius 2 is 2.20 bits per heavy atom. The molecule has 6 heteroatoms. The van der Waals surface area contributed by atoms with Crippen LogP contribution in [0.5, 0.6) is 0 Å². The average Bonchev–Trinajstić information content (AvgIpc) is 2.16. The number of nitrogens with one attached hydrogen (secondary N) is 1. The summed E-state index contributed by atoms with van der Waals surface area (Å²) in [7, 11) is 3.77. The molecule has 1 radical (unpaired) electrons. The second-order valence-corrected chi connectivity index (χ2v) is 3.38. The molecule has 1 N–H and O–H groups in total. The van der Waals surface area contributed by atoms with Crippen LogP contribution in [0.1, 0.15) is 0 Å². The number of nitrogens with zero attached hydrogens (tertiary/aromatic N) is 4. The van der Waals surface area contributed by atoms with E-state index >= 15 is 0 Å². The topological polar surface area (TPSA) is 77.9 Å². The molecule has 0 bridgehead atoms. The number of benzene rings is 1. The molecule has 0 aliphatic rings. The molecule has 15 heavy (non-hydrogen) atoms. The van der Waals surface area contributed by atoms with Crippen LogP contribution in [0.3, 0.4) is 0 Å². The first-order valence-corrected chi connectivity index (χ1v) is 4.38. The predicted molar refractivity (Wildman–Crippen MR) is 51.5 cm³/mol. The summed E-state index contributed by atoms with van der Waals surface area (Å²) in [5.41, 5.74) is 1.48. The second kappa shape index (κ2) is 3.23. The fourth-order valence-electron chi connectivity index (χ4n) is 1.31. The van der Waals surface area contributed by atoms with E-state index in [-0.39, 0.29) is 5.62 Å². The molecule has 0 aliphatic heterocycles. The van der Waals surface area contributed by atoms with Gasteiger partial charge in [0.1, 0.15) is 4.85 Å². The van der Waals surface area contributed by atoms with Crippen molar-refractivity contribution < 1.29 is 10.1 Å². The summed E-state index contributed by atoms with van der Waals surface area (Å²) >= 11 is 0. The Morgan fingerprint density at radius 1 is 1.47 bits per heavy atom. The van der Waals surface area contributed by atoms with Gasteiger partial charge in [-0.2, -0.15) is 0 Å². The first kappa shape index (κ1) is 9.45. The molecule has 2 rings (SSSR count). The van der Waals surface area contributed by atoms with E-state index in [1.54, 1.807) is 12.1 Å². The molecule has 6 nitrogen and oxygen atoms in total. The van der Waals surface area contributed by atoms with Crippen LogP contribution in [0, 0.1) is 5.41 Å². The zero-order valence-electron chi connectivity index (χ0n) is 8.43. The lowest BCUT2D eigenvalue weighted by molar-refractivity contribution is -0.966. The maximum absolute atomic E-state index is 11.4. The van der Waals surface area contributed by atoms with Crippen LogP contribution in [0.15, 0.2) is 18.2 Å². The molecule has 0 aliphatic carbocycles. The highest BCUT2D eigenvalue weighted by atomic mass is 16.5. The molecular formula is C9H10N5O. The average molecular weight is 204 g/mol. The van der Waals surface area contributed by atoms with Gasteiger partial charge < -0.3 is 15.3 Å². The van der Waals surface area contributed by atoms with Gasteiger partial charge in [-0.25, -0.2) is 0 Å². The summed E-state index contributed by atoms with van der Waals surface area (Å²) in [6.45, 7) is 0. The molecule has 77 valence electrons. The molecule has 1 aromatic carbocycles. The van der Waals surface area contributed by atoms with Crippen LogP contribution in [0.25, 0.3) is 11.0 Å². The summed E-state index contributed by atoms with van der Waals surface area (Å²) in [6.07, 6.45) is 0. The minimum Gasteiger partial charge on any atom is -0.406 e. The van der Waals surface area contributed by atoms with Crippen molar-refractivity contribution in [3.05, 3.63) is 23.8 Å². The third kappa shape index (κ3) is 1.61. The third-order valence-corrected chi connectivity index (χ3v) is 2.09. The molecule has 0 saturated carbocycles. The number of anilines is 1. The zero-order valence-corrected chi connectivity index (χ0v) is 8.43. The van der Waals surface area contributed by atoms with E-state index in [1.165, 1.54) is 0 Å². The number of hydrogen-bond donors (Lipinski definition) is 1. The molecule has 0 amide bonds. The number of hydrogen-bond acceptors (Lipinski definition) is 3. The molecule has 0 saturated heterocycles. The highest BCUT2D eigenvalue weighted by Gasteiger charge is 2.09. The maximum atomic E-state index is 11.4. The van der Waals surface area contributed by atoms with Crippen LogP contribution in [0.2, 0.25) is 0 Å². The van der Waals surface area contributed by atoms with Gasteiger partial charge >= 0.3 is 0 Å². The highest BCUT2D eigenvalue weighted by Crippen LogP contribution is 2.14. The van der Waals surface area contributed by atoms with Crippen molar-refractivity contribution in [1.29, 1.82) is 5.41 Å². The van der Waals surface area contributed by atoms with E-state index in [0.29, 0.717) is 15.9 Å². The van der Waals surface area contributed by atoms with E-state index < -0.39 is 0 Å². The van der Waals surface area contributed by atoms with Gasteiger partial charge in [-0.15, -0.1) is 0 Å². The van der Waals surface area contributed by atoms with Crippen molar-refractivity contribution in [1.82, 2.24) is 10.1 Å². The SMILES string of the molecule is CN(C)c1ccc2nc(=N)[n-][n+]([O])c2c1. The second-order valence-electron chi connectivity index (χ2n) is 3.38. The lowest BCUT2D eigenvalue weighted by Crippen LogP contribution is -2.43. The minimum atomic E-state index is -0.268. The van der Waals surface area contributed by atoms with Crippen molar-refractivity contribution in [3.8, 4) is 0 Å². The van der Waals surface area contributed by atoms with Gasteiger partial charge in [-0.1, -0.05) is 5.10 Å². The quantitative estimate of drug-likeness (QED) is 0.619. The normalized spacial score (nSPS) is 10.5. The molecule has 1 aromatic heterocycles. The van der Waals surface area contributed by atoms with Gasteiger partial charge in [-0.05, 0) is 12.1 Å². The molecule has 0 atom stereocenters. The highest BCUT2D eigenvalue weighted by molar-refractivity contribution is 5.75. The molecule has 0 fully saturated rings. The maximum Gasteiger partial charge on any atom is 0.291 e. The Balaban J connectivity index is 2.77.